The van der Waals surface area contributed by atoms with Crippen LogP contribution in [0.3, 0.4) is 0 Å². The summed E-state index contributed by atoms with van der Waals surface area (Å²) in [5, 5.41) is 0. The van der Waals surface area contributed by atoms with E-state index >= 15 is 0 Å². The number of hydrogen-bond acceptors (Lipinski definition) is 3. The van der Waals surface area contributed by atoms with Crippen LogP contribution in [0.25, 0.3) is 0 Å². The quantitative estimate of drug-likeness (QED) is 0.747. The molecule has 0 aliphatic rings. The highest BCUT2D eigenvalue weighted by Gasteiger charge is 2.03. The lowest BCUT2D eigenvalue weighted by Crippen LogP contribution is -1.95. The summed E-state index contributed by atoms with van der Waals surface area (Å²) in [4.78, 5) is 8.47. The molecule has 0 N–H and O–H groups in total. The number of aryl methyl sites for hydroxylation is 2. The summed E-state index contributed by atoms with van der Waals surface area (Å²) in [6.07, 6.45) is 1.73. The third-order valence-electron chi connectivity index (χ3n) is 1.99. The van der Waals surface area contributed by atoms with Crippen molar-refractivity contribution < 1.29 is 4.74 Å². The molecule has 15 heavy (non-hydrogen) atoms. The average Bonchev–Trinajstić information content (AvgIpc) is 2.25. The normalized spacial score (nSPS) is 10.0. The van der Waals surface area contributed by atoms with Crippen LogP contribution in [0, 0.1) is 13.8 Å². The zero-order valence-electron chi connectivity index (χ0n) is 8.77. The van der Waals surface area contributed by atoms with Crippen LogP contribution in [0.15, 0.2) is 36.5 Å². The number of nitrogens with zero attached hydrogens (tertiary/aromatic N) is 2. The summed E-state index contributed by atoms with van der Waals surface area (Å²) in [6.45, 7) is 3.77. The van der Waals surface area contributed by atoms with Gasteiger partial charge in [-0.15, -0.1) is 0 Å². The molecule has 1 aromatic carbocycles. The second-order valence-electron chi connectivity index (χ2n) is 3.32. The Bertz CT molecular complexity index is 454. The van der Waals surface area contributed by atoms with Gasteiger partial charge in [0, 0.05) is 6.20 Å². The van der Waals surface area contributed by atoms with Crippen LogP contribution < -0.4 is 4.74 Å². The van der Waals surface area contributed by atoms with Crippen LogP contribution in [0.4, 0.5) is 0 Å². The van der Waals surface area contributed by atoms with Crippen LogP contribution in [-0.2, 0) is 0 Å². The lowest BCUT2D eigenvalue weighted by Gasteiger charge is -2.06. The zero-order chi connectivity index (χ0) is 10.7. The highest BCUT2D eigenvalue weighted by atomic mass is 16.5. The van der Waals surface area contributed by atoms with Crippen LogP contribution in [-0.4, -0.2) is 9.97 Å². The van der Waals surface area contributed by atoms with E-state index in [-0.39, 0.29) is 0 Å². The Morgan fingerprint density at radius 2 is 1.80 bits per heavy atom. The number of para-hydroxylation sites is 1. The molecule has 3 nitrogen and oxygen atoms in total. The van der Waals surface area contributed by atoms with Crippen molar-refractivity contribution in [2.24, 2.45) is 0 Å². The van der Waals surface area contributed by atoms with E-state index in [2.05, 4.69) is 9.97 Å². The first-order chi connectivity index (χ1) is 7.25. The molecule has 76 valence electrons. The Morgan fingerprint density at radius 3 is 2.53 bits per heavy atom. The molecule has 0 fully saturated rings. The zero-order valence-corrected chi connectivity index (χ0v) is 8.77. The van der Waals surface area contributed by atoms with E-state index in [0.717, 1.165) is 17.1 Å². The molecule has 0 unspecified atom stereocenters. The average molecular weight is 200 g/mol. The Labute approximate surface area is 88.8 Å². The Kier molecular flexibility index (Phi) is 2.63. The third kappa shape index (κ3) is 2.31. The van der Waals surface area contributed by atoms with E-state index in [1.807, 2.05) is 44.2 Å². The number of aromatic nitrogens is 2. The van der Waals surface area contributed by atoms with Gasteiger partial charge in [-0.05, 0) is 26.0 Å². The van der Waals surface area contributed by atoms with Gasteiger partial charge in [0.15, 0.2) is 0 Å². The minimum atomic E-state index is 0.571. The van der Waals surface area contributed by atoms with Crippen molar-refractivity contribution in [3.63, 3.8) is 0 Å². The molecule has 0 bridgehead atoms. The minimum Gasteiger partial charge on any atom is -0.437 e. The Hall–Kier alpha value is -1.90. The van der Waals surface area contributed by atoms with Crippen LogP contribution in [0.2, 0.25) is 0 Å². The molecular weight excluding hydrogens is 188 g/mol. The summed E-state index contributed by atoms with van der Waals surface area (Å²) < 4.78 is 5.62. The SMILES string of the molecule is Cc1cnc(C)c(Oc2ccccc2)n1. The maximum Gasteiger partial charge on any atom is 0.241 e. The molecule has 0 radical (unpaired) electrons. The summed E-state index contributed by atoms with van der Waals surface area (Å²) >= 11 is 0. The van der Waals surface area contributed by atoms with Crippen molar-refractivity contribution in [3.05, 3.63) is 47.9 Å². The Balaban J connectivity index is 2.28. The van der Waals surface area contributed by atoms with Crippen molar-refractivity contribution in [1.82, 2.24) is 9.97 Å². The summed E-state index contributed by atoms with van der Waals surface area (Å²) in [6, 6.07) is 9.58. The molecule has 0 aliphatic carbocycles. The molecule has 3 heteroatoms. The van der Waals surface area contributed by atoms with Crippen molar-refractivity contribution >= 4 is 0 Å². The van der Waals surface area contributed by atoms with Gasteiger partial charge in [-0.3, -0.25) is 4.98 Å². The molecule has 0 atom stereocenters. The van der Waals surface area contributed by atoms with Crippen LogP contribution >= 0.6 is 0 Å². The maximum atomic E-state index is 5.62. The maximum absolute atomic E-state index is 5.62. The highest BCUT2D eigenvalue weighted by Crippen LogP contribution is 2.20. The molecule has 1 heterocycles. The molecule has 0 aliphatic heterocycles. The van der Waals surface area contributed by atoms with Crippen molar-refractivity contribution in [1.29, 1.82) is 0 Å². The topological polar surface area (TPSA) is 35.0 Å². The summed E-state index contributed by atoms with van der Waals surface area (Å²) in [5.41, 5.74) is 1.65. The first kappa shape index (κ1) is 9.65. The predicted octanol–water partition coefficient (Wildman–Crippen LogP) is 2.89. The fourth-order valence-corrected chi connectivity index (χ4v) is 1.21. The lowest BCUT2D eigenvalue weighted by molar-refractivity contribution is 0.454. The summed E-state index contributed by atoms with van der Waals surface area (Å²) in [7, 11) is 0. The van der Waals surface area contributed by atoms with Gasteiger partial charge in [0.2, 0.25) is 5.88 Å². The minimum absolute atomic E-state index is 0.571. The second kappa shape index (κ2) is 4.09. The van der Waals surface area contributed by atoms with Gasteiger partial charge in [-0.1, -0.05) is 18.2 Å². The van der Waals surface area contributed by atoms with E-state index < -0.39 is 0 Å². The molecule has 0 spiro atoms. The number of rotatable bonds is 2. The van der Waals surface area contributed by atoms with Crippen LogP contribution in [0.1, 0.15) is 11.4 Å². The third-order valence-corrected chi connectivity index (χ3v) is 1.99. The van der Waals surface area contributed by atoms with Crippen molar-refractivity contribution in [2.45, 2.75) is 13.8 Å². The number of ether oxygens (including phenoxy) is 1. The van der Waals surface area contributed by atoms with E-state index in [4.69, 9.17) is 4.74 Å². The van der Waals surface area contributed by atoms with Gasteiger partial charge in [0.25, 0.3) is 0 Å². The second-order valence-corrected chi connectivity index (χ2v) is 3.32. The monoisotopic (exact) mass is 200 g/mol. The van der Waals surface area contributed by atoms with Gasteiger partial charge in [0.05, 0.1) is 11.4 Å². The first-order valence-electron chi connectivity index (χ1n) is 4.79. The fraction of sp³-hybridized carbons (Fsp3) is 0.167. The smallest absolute Gasteiger partial charge is 0.241 e. The van der Waals surface area contributed by atoms with Gasteiger partial charge < -0.3 is 4.74 Å². The van der Waals surface area contributed by atoms with Crippen molar-refractivity contribution in [3.8, 4) is 11.6 Å². The standard InChI is InChI=1S/C12H12N2O/c1-9-8-13-10(2)12(14-9)15-11-6-4-3-5-7-11/h3-8H,1-2H3. The molecule has 2 rings (SSSR count). The first-order valence-corrected chi connectivity index (χ1v) is 4.79. The Morgan fingerprint density at radius 1 is 1.07 bits per heavy atom. The molecule has 1 aromatic heterocycles. The van der Waals surface area contributed by atoms with E-state index in [1.54, 1.807) is 6.20 Å². The van der Waals surface area contributed by atoms with E-state index in [0.29, 0.717) is 5.88 Å². The molecule has 2 aromatic rings. The lowest BCUT2D eigenvalue weighted by atomic mass is 10.3. The van der Waals surface area contributed by atoms with E-state index in [9.17, 15) is 0 Å². The molecule has 0 amide bonds. The fourth-order valence-electron chi connectivity index (χ4n) is 1.21. The molecule has 0 saturated carbocycles. The van der Waals surface area contributed by atoms with Gasteiger partial charge in [-0.2, -0.15) is 0 Å². The van der Waals surface area contributed by atoms with Crippen molar-refractivity contribution in [2.75, 3.05) is 0 Å². The largest absolute Gasteiger partial charge is 0.437 e. The molecule has 0 saturated heterocycles. The van der Waals surface area contributed by atoms with Gasteiger partial charge >= 0.3 is 0 Å². The predicted molar refractivity (Wildman–Crippen MR) is 58.0 cm³/mol. The van der Waals surface area contributed by atoms with Crippen LogP contribution in [0.5, 0.6) is 11.6 Å². The van der Waals surface area contributed by atoms with Gasteiger partial charge in [0.1, 0.15) is 5.75 Å². The van der Waals surface area contributed by atoms with E-state index in [1.165, 1.54) is 0 Å². The number of hydrogen-bond donors (Lipinski definition) is 0. The number of benzene rings is 1. The summed E-state index contributed by atoms with van der Waals surface area (Å²) in [5.74, 6) is 1.35. The van der Waals surface area contributed by atoms with Gasteiger partial charge in [-0.25, -0.2) is 4.98 Å². The molecular formula is C12H12N2O. The highest BCUT2D eigenvalue weighted by molar-refractivity contribution is 5.28.